The molecule has 0 aromatic rings. The van der Waals surface area contributed by atoms with E-state index in [0.717, 1.165) is 19.3 Å². The zero-order valence-electron chi connectivity index (χ0n) is 6.08. The molecular weight excluding hydrogens is 206 g/mol. The average Bonchev–Trinajstić information content (AvgIpc) is 1.66. The first-order valence-electron chi connectivity index (χ1n) is 2.99. The Morgan fingerprint density at radius 3 is 2.10 bits per heavy atom. The molecule has 4 heteroatoms. The van der Waals surface area contributed by atoms with Crippen LogP contribution in [0.4, 0.5) is 0 Å². The van der Waals surface area contributed by atoms with Gasteiger partial charge in [0.1, 0.15) is 0 Å². The van der Waals surface area contributed by atoms with Crippen molar-refractivity contribution in [2.24, 2.45) is 0 Å². The third kappa shape index (κ3) is 15.9. The van der Waals surface area contributed by atoms with Crippen LogP contribution in [0.3, 0.4) is 0 Å². The van der Waals surface area contributed by atoms with Gasteiger partial charge in [0.2, 0.25) is 0 Å². The van der Waals surface area contributed by atoms with Crippen LogP contribution in [0.5, 0.6) is 0 Å². The summed E-state index contributed by atoms with van der Waals surface area (Å²) in [5.41, 5.74) is 0. The van der Waals surface area contributed by atoms with Crippen LogP contribution in [0.1, 0.15) is 32.6 Å². The minimum Gasteiger partial charge on any atom is -0.481 e. The number of aliphatic carboxylic acids is 1. The number of hydrogen-bond acceptors (Lipinski definition) is 1. The number of carbonyl (C=O) groups is 1. The Morgan fingerprint density at radius 1 is 1.30 bits per heavy atom. The van der Waals surface area contributed by atoms with Crippen molar-refractivity contribution in [3.63, 3.8) is 0 Å². The Kier molecular flexibility index (Phi) is 20.9. The Hall–Kier alpha value is 0.639. The molecule has 0 aliphatic heterocycles. The summed E-state index contributed by atoms with van der Waals surface area (Å²) in [4.78, 5) is 9.87. The summed E-state index contributed by atoms with van der Waals surface area (Å²) in [6.07, 6.45) is 3.28. The standard InChI is InChI=1S/C6H12O2.2V/c1-2-3-4-5-6(7)8;;/h2-5H2,1H3,(H,7,8);;. The second kappa shape index (κ2) is 12.3. The third-order valence-corrected chi connectivity index (χ3v) is 0.994. The van der Waals surface area contributed by atoms with Crippen molar-refractivity contribution >= 4 is 5.97 Å². The molecule has 0 aliphatic carbocycles. The van der Waals surface area contributed by atoms with E-state index in [1.165, 1.54) is 0 Å². The van der Waals surface area contributed by atoms with Crippen molar-refractivity contribution in [2.75, 3.05) is 0 Å². The van der Waals surface area contributed by atoms with Crippen molar-refractivity contribution in [1.29, 1.82) is 0 Å². The summed E-state index contributed by atoms with van der Waals surface area (Å²) in [7, 11) is 0. The summed E-state index contributed by atoms with van der Waals surface area (Å²) in [5, 5.41) is 8.14. The Morgan fingerprint density at radius 2 is 1.80 bits per heavy atom. The van der Waals surface area contributed by atoms with Gasteiger partial charge in [0.15, 0.2) is 0 Å². The third-order valence-electron chi connectivity index (χ3n) is 0.994. The van der Waals surface area contributed by atoms with E-state index in [-0.39, 0.29) is 37.1 Å². The van der Waals surface area contributed by atoms with E-state index >= 15 is 0 Å². The molecule has 0 saturated carbocycles. The number of carboxylic acid groups (broad SMARTS) is 1. The Balaban J connectivity index is -0.000000245. The van der Waals surface area contributed by atoms with Gasteiger partial charge >= 0.3 is 5.97 Å². The first-order valence-corrected chi connectivity index (χ1v) is 2.99. The monoisotopic (exact) mass is 218 g/mol. The summed E-state index contributed by atoms with van der Waals surface area (Å²) in [6.45, 7) is 2.06. The predicted molar refractivity (Wildman–Crippen MR) is 31.8 cm³/mol. The van der Waals surface area contributed by atoms with Gasteiger partial charge < -0.3 is 5.11 Å². The Labute approximate surface area is 85.5 Å². The topological polar surface area (TPSA) is 37.3 Å². The van der Waals surface area contributed by atoms with Gasteiger partial charge in [0.25, 0.3) is 0 Å². The molecule has 0 aromatic heterocycles. The molecule has 0 unspecified atom stereocenters. The van der Waals surface area contributed by atoms with Gasteiger partial charge in [0.05, 0.1) is 0 Å². The van der Waals surface area contributed by atoms with Gasteiger partial charge in [-0.2, -0.15) is 0 Å². The molecular formula is C6H12O2V2. The van der Waals surface area contributed by atoms with Gasteiger partial charge in [-0.3, -0.25) is 4.79 Å². The van der Waals surface area contributed by atoms with E-state index in [9.17, 15) is 4.79 Å². The maximum absolute atomic E-state index is 9.87. The summed E-state index contributed by atoms with van der Waals surface area (Å²) >= 11 is 0. The largest absolute Gasteiger partial charge is 0.481 e. The zero-order valence-corrected chi connectivity index (χ0v) is 8.87. The normalized spacial score (nSPS) is 7.30. The fourth-order valence-corrected chi connectivity index (χ4v) is 0.526. The number of hydrogen-bond donors (Lipinski definition) is 1. The zero-order chi connectivity index (χ0) is 6.41. The minimum absolute atomic E-state index is 0. The van der Waals surface area contributed by atoms with E-state index < -0.39 is 5.97 Å². The van der Waals surface area contributed by atoms with Crippen LogP contribution in [0, 0.1) is 0 Å². The van der Waals surface area contributed by atoms with Crippen LogP contribution in [0.25, 0.3) is 0 Å². The smallest absolute Gasteiger partial charge is 0.303 e. The maximum Gasteiger partial charge on any atom is 0.303 e. The second-order valence-corrected chi connectivity index (χ2v) is 1.85. The molecule has 0 aliphatic rings. The number of rotatable bonds is 4. The Bertz CT molecular complexity index is 76.1. The molecule has 0 spiro atoms. The molecule has 58 valence electrons. The van der Waals surface area contributed by atoms with Crippen LogP contribution in [0.15, 0.2) is 0 Å². The van der Waals surface area contributed by atoms with E-state index in [4.69, 9.17) is 5.11 Å². The predicted octanol–water partition coefficient (Wildman–Crippen LogP) is 1.65. The molecule has 0 rings (SSSR count). The molecule has 0 saturated heterocycles. The average molecular weight is 218 g/mol. The van der Waals surface area contributed by atoms with Crippen LogP contribution in [0.2, 0.25) is 0 Å². The molecule has 2 nitrogen and oxygen atoms in total. The van der Waals surface area contributed by atoms with Crippen molar-refractivity contribution in [2.45, 2.75) is 32.6 Å². The van der Waals surface area contributed by atoms with E-state index in [0.29, 0.717) is 6.42 Å². The molecule has 10 heavy (non-hydrogen) atoms. The first-order chi connectivity index (χ1) is 3.77. The summed E-state index contributed by atoms with van der Waals surface area (Å²) in [5.74, 6) is -0.682. The second-order valence-electron chi connectivity index (χ2n) is 1.85. The SMILES string of the molecule is CCCCCC(=O)O.[V].[V]. The number of unbranched alkanes of at least 4 members (excludes halogenated alkanes) is 2. The maximum atomic E-state index is 9.87. The van der Waals surface area contributed by atoms with Gasteiger partial charge in [-0.1, -0.05) is 19.8 Å². The fourth-order valence-electron chi connectivity index (χ4n) is 0.526. The molecule has 0 amide bonds. The minimum atomic E-state index is -0.682. The molecule has 0 fully saturated rings. The van der Waals surface area contributed by atoms with Crippen LogP contribution in [-0.2, 0) is 41.9 Å². The van der Waals surface area contributed by atoms with E-state index in [1.54, 1.807) is 0 Å². The van der Waals surface area contributed by atoms with Crippen molar-refractivity contribution < 1.29 is 47.0 Å². The summed E-state index contributed by atoms with van der Waals surface area (Å²) in [6, 6.07) is 0. The fraction of sp³-hybridized carbons (Fsp3) is 0.833. The molecule has 0 aromatic carbocycles. The first kappa shape index (κ1) is 16.9. The van der Waals surface area contributed by atoms with Gasteiger partial charge in [-0.15, -0.1) is 0 Å². The van der Waals surface area contributed by atoms with Crippen molar-refractivity contribution in [3.05, 3.63) is 0 Å². The van der Waals surface area contributed by atoms with Crippen molar-refractivity contribution in [1.82, 2.24) is 0 Å². The quantitative estimate of drug-likeness (QED) is 0.728. The molecule has 0 bridgehead atoms. The van der Waals surface area contributed by atoms with Crippen molar-refractivity contribution in [3.8, 4) is 0 Å². The molecule has 0 heterocycles. The molecule has 2 radical (unpaired) electrons. The summed E-state index contributed by atoms with van der Waals surface area (Å²) < 4.78 is 0. The van der Waals surface area contributed by atoms with E-state index in [1.807, 2.05) is 0 Å². The van der Waals surface area contributed by atoms with Gasteiger partial charge in [-0.25, -0.2) is 0 Å². The number of carboxylic acids is 1. The van der Waals surface area contributed by atoms with Crippen LogP contribution < -0.4 is 0 Å². The van der Waals surface area contributed by atoms with Gasteiger partial charge in [0, 0.05) is 43.5 Å². The van der Waals surface area contributed by atoms with Gasteiger partial charge in [-0.05, 0) is 6.42 Å². The van der Waals surface area contributed by atoms with E-state index in [2.05, 4.69) is 6.92 Å². The van der Waals surface area contributed by atoms with Crippen LogP contribution in [-0.4, -0.2) is 11.1 Å². The molecule has 1 N–H and O–H groups in total. The molecule has 0 atom stereocenters. The van der Waals surface area contributed by atoms with Crippen LogP contribution >= 0.6 is 0 Å².